The molecule has 0 aliphatic heterocycles. The second-order valence-electron chi connectivity index (χ2n) is 3.04. The zero-order valence-corrected chi connectivity index (χ0v) is 20.1. The molecule has 0 aromatic heterocycles. The van der Waals surface area contributed by atoms with Crippen LogP contribution in [0, 0.1) is 0 Å². The standard InChI is InChI=1S/2C3H7O6P.2Na.5H2O/c4-1-3(5)2-9-10(6,7)8;4-1-3(2-5)9-10(6,7)8;;;;;;;/h2*3H,1-2H2,(H2,6,7,8);;;5*1H2/q2*-2;2*+1;;;;;/p-4/t3-;;;;;;;;/m1......../s1. The third kappa shape index (κ3) is 52.4. The van der Waals surface area contributed by atoms with Crippen LogP contribution in [0.4, 0.5) is 0 Å². The van der Waals surface area contributed by atoms with Crippen molar-refractivity contribution in [2.45, 2.75) is 12.2 Å². The van der Waals surface area contributed by atoms with Crippen molar-refractivity contribution in [1.29, 1.82) is 0 Å². The fourth-order valence-electron chi connectivity index (χ4n) is 0.514. The van der Waals surface area contributed by atoms with E-state index in [-0.39, 0.29) is 86.5 Å². The maximum Gasteiger partial charge on any atom is 1.00 e. The van der Waals surface area contributed by atoms with Crippen LogP contribution in [-0.4, -0.2) is 66.0 Å². The summed E-state index contributed by atoms with van der Waals surface area (Å²) in [5.74, 6) is 0. The fraction of sp³-hybridized carbons (Fsp3) is 1.00. The Balaban J connectivity index is -0.0000000272. The Morgan fingerprint density at radius 3 is 1.19 bits per heavy atom. The summed E-state index contributed by atoms with van der Waals surface area (Å²) >= 11 is 0. The molecule has 10 N–H and O–H groups in total. The van der Waals surface area contributed by atoms with Gasteiger partial charge in [0, 0.05) is 12.7 Å². The molecule has 17 nitrogen and oxygen atoms in total. The zero-order chi connectivity index (χ0) is 16.4. The molecular weight excluding hydrogens is 452 g/mol. The van der Waals surface area contributed by atoms with Crippen LogP contribution in [-0.2, 0) is 18.2 Å². The molecule has 0 aromatic carbocycles. The second-order valence-corrected chi connectivity index (χ2v) is 5.30. The minimum absolute atomic E-state index is 0. The van der Waals surface area contributed by atoms with Crippen molar-refractivity contribution in [3.63, 3.8) is 0 Å². The van der Waals surface area contributed by atoms with E-state index in [0.29, 0.717) is 0 Å². The third-order valence-electron chi connectivity index (χ3n) is 1.25. The Morgan fingerprint density at radius 2 is 1.04 bits per heavy atom. The summed E-state index contributed by atoms with van der Waals surface area (Å²) in [6.07, 6.45) is -3.24. The molecule has 1 atom stereocenters. The summed E-state index contributed by atoms with van der Waals surface area (Å²) in [7, 11) is -10.2. The molecule has 0 saturated carbocycles. The molecule has 0 aliphatic rings. The van der Waals surface area contributed by atoms with Crippen molar-refractivity contribution in [3.05, 3.63) is 0 Å². The van der Waals surface area contributed by atoms with Gasteiger partial charge >= 0.3 is 59.1 Å². The Morgan fingerprint density at radius 1 is 0.704 bits per heavy atom. The van der Waals surface area contributed by atoms with Crippen molar-refractivity contribution in [3.8, 4) is 0 Å². The van der Waals surface area contributed by atoms with Crippen molar-refractivity contribution in [2.75, 3.05) is 26.4 Å². The monoisotopic (exact) mass is 472 g/mol. The topological polar surface area (TPSA) is 395 Å². The summed E-state index contributed by atoms with van der Waals surface area (Å²) in [5.41, 5.74) is 0. The molecule has 27 heavy (non-hydrogen) atoms. The van der Waals surface area contributed by atoms with Crippen LogP contribution < -0.4 is 99.1 Å². The Kier molecular flexibility index (Phi) is 63.2. The molecule has 0 aliphatic carbocycles. The van der Waals surface area contributed by atoms with Gasteiger partial charge in [-0.05, 0) is 0 Å². The molecule has 0 spiro atoms. The third-order valence-corrected chi connectivity index (χ3v) is 2.28. The molecule has 0 aromatic rings. The van der Waals surface area contributed by atoms with E-state index >= 15 is 0 Å². The quantitative estimate of drug-likeness (QED) is 0.235. The van der Waals surface area contributed by atoms with Crippen LogP contribution >= 0.6 is 15.6 Å². The molecule has 164 valence electrons. The van der Waals surface area contributed by atoms with Crippen molar-refractivity contribution in [2.24, 2.45) is 0 Å². The van der Waals surface area contributed by atoms with Gasteiger partial charge in [0.15, 0.2) is 0 Å². The van der Waals surface area contributed by atoms with Gasteiger partial charge in [-0.2, -0.15) is 6.61 Å². The van der Waals surface area contributed by atoms with E-state index < -0.39 is 54.3 Å². The van der Waals surface area contributed by atoms with Gasteiger partial charge in [0.2, 0.25) is 0 Å². The maximum absolute atomic E-state index is 10.1. The van der Waals surface area contributed by atoms with E-state index in [1.807, 2.05) is 0 Å². The summed E-state index contributed by atoms with van der Waals surface area (Å²) in [6.45, 7) is -3.90. The van der Waals surface area contributed by atoms with Crippen LogP contribution in [0.3, 0.4) is 0 Å². The molecule has 0 amide bonds. The molecule has 0 rings (SSSR count). The SMILES string of the molecule is O.O.O.O.O.O=P([O-])([O-])OC(C[O-])C[O-].O=P([O-])([O-])OC[C@H]([O-])C[O-].[Na+].[Na+]. The van der Waals surface area contributed by atoms with Crippen LogP contribution in [0.1, 0.15) is 0 Å². The number of phosphoric acid groups is 2. The van der Waals surface area contributed by atoms with Gasteiger partial charge < -0.3 is 85.6 Å². The van der Waals surface area contributed by atoms with E-state index in [1.54, 1.807) is 0 Å². The molecule has 0 heterocycles. The Bertz CT molecular complexity index is 331. The van der Waals surface area contributed by atoms with E-state index in [0.717, 1.165) is 0 Å². The fourth-order valence-corrected chi connectivity index (χ4v) is 1.35. The normalized spacial score (nSPS) is 10.3. The van der Waals surface area contributed by atoms with E-state index in [2.05, 4.69) is 9.05 Å². The van der Waals surface area contributed by atoms with Gasteiger partial charge in [-0.3, -0.25) is 0 Å². The van der Waals surface area contributed by atoms with Crippen molar-refractivity contribution < 1.29 is 145 Å². The van der Waals surface area contributed by atoms with E-state index in [9.17, 15) is 49.1 Å². The van der Waals surface area contributed by atoms with Crippen LogP contribution in [0.15, 0.2) is 0 Å². The smallest absolute Gasteiger partial charge is 0.855 e. The van der Waals surface area contributed by atoms with E-state index in [4.69, 9.17) is 0 Å². The first kappa shape index (κ1) is 56.8. The van der Waals surface area contributed by atoms with Gasteiger partial charge in [0.1, 0.15) is 0 Å². The first-order valence-electron chi connectivity index (χ1n) is 4.72. The van der Waals surface area contributed by atoms with Crippen LogP contribution in [0.2, 0.25) is 0 Å². The molecule has 0 bridgehead atoms. The average molecular weight is 472 g/mol. The number of phosphoric ester groups is 2. The molecule has 0 unspecified atom stereocenters. The minimum atomic E-state index is -5.15. The van der Waals surface area contributed by atoms with Crippen molar-refractivity contribution in [1.82, 2.24) is 0 Å². The van der Waals surface area contributed by atoms with Gasteiger partial charge in [-0.15, -0.1) is 19.3 Å². The predicted octanol–water partition coefficient (Wildman–Crippen LogP) is -18.3. The van der Waals surface area contributed by atoms with Gasteiger partial charge in [0.25, 0.3) is 0 Å². The zero-order valence-electron chi connectivity index (χ0n) is 14.3. The molecule has 0 fully saturated rings. The Labute approximate surface area is 197 Å². The summed E-state index contributed by atoms with van der Waals surface area (Å²) in [6, 6.07) is 0. The van der Waals surface area contributed by atoms with E-state index in [1.165, 1.54) is 0 Å². The number of hydrogen-bond donors (Lipinski definition) is 0. The molecule has 0 radical (unpaired) electrons. The summed E-state index contributed by atoms with van der Waals surface area (Å²) in [4.78, 5) is 38.8. The van der Waals surface area contributed by atoms with Gasteiger partial charge in [-0.1, -0.05) is 0 Å². The summed E-state index contributed by atoms with van der Waals surface area (Å²) in [5, 5.41) is 39.4. The average Bonchev–Trinajstić information content (AvgIpc) is 2.31. The second kappa shape index (κ2) is 30.1. The molecule has 21 heteroatoms. The first-order chi connectivity index (χ1) is 8.95. The summed E-state index contributed by atoms with van der Waals surface area (Å²) < 4.78 is 26.5. The number of rotatable bonds is 8. The van der Waals surface area contributed by atoms with Gasteiger partial charge in [0.05, 0.1) is 15.6 Å². The van der Waals surface area contributed by atoms with Crippen LogP contribution in [0.25, 0.3) is 0 Å². The first-order valence-corrected chi connectivity index (χ1v) is 7.64. The largest absolute Gasteiger partial charge is 1.00 e. The maximum atomic E-state index is 10.1. The molecule has 0 saturated heterocycles. The van der Waals surface area contributed by atoms with Gasteiger partial charge in [-0.25, -0.2) is 0 Å². The number of hydrogen-bond acceptors (Lipinski definition) is 12. The predicted molar refractivity (Wildman–Crippen MR) is 62.5 cm³/mol. The van der Waals surface area contributed by atoms with Crippen molar-refractivity contribution >= 4 is 15.6 Å². The molecular formula is C6H20Na2O17P2-6. The van der Waals surface area contributed by atoms with Crippen LogP contribution in [0.5, 0.6) is 0 Å². The minimum Gasteiger partial charge on any atom is -0.855 e. The Hall–Kier alpha value is 1.86.